The number of likely N-dealkylation sites (tertiary alicyclic amines) is 1. The molecule has 3 heterocycles. The average Bonchev–Trinajstić information content (AvgIpc) is 2.55. The largest absolute Gasteiger partial charge is 0.466 e. The minimum atomic E-state index is -0.970. The molecule has 0 saturated carbocycles. The van der Waals surface area contributed by atoms with Crippen molar-refractivity contribution in [3.8, 4) is 5.88 Å². The molecule has 0 aliphatic carbocycles. The number of hydrogen-bond acceptors (Lipinski definition) is 5. The van der Waals surface area contributed by atoms with E-state index in [4.69, 9.17) is 9.84 Å². The first-order valence-corrected chi connectivity index (χ1v) is 8.63. The maximum absolute atomic E-state index is 12.2. The number of nitrogens with one attached hydrogen (secondary N) is 1. The molecule has 2 aliphatic rings. The zero-order chi connectivity index (χ0) is 17.1. The molecule has 1 saturated heterocycles. The number of anilines is 1. The Labute approximate surface area is 147 Å². The van der Waals surface area contributed by atoms with Crippen molar-refractivity contribution in [2.45, 2.75) is 18.9 Å². The SMILES string of the molecule is O=C(O)NC1CCN(CCN2C(=O)COc3ncc(Br)cc32)CC1. The van der Waals surface area contributed by atoms with E-state index in [9.17, 15) is 9.59 Å². The molecule has 1 aromatic heterocycles. The fraction of sp³-hybridized carbons (Fsp3) is 0.533. The van der Waals surface area contributed by atoms with Crippen molar-refractivity contribution in [2.75, 3.05) is 37.7 Å². The van der Waals surface area contributed by atoms with E-state index in [1.54, 1.807) is 11.1 Å². The van der Waals surface area contributed by atoms with Crippen molar-refractivity contribution in [3.63, 3.8) is 0 Å². The Hall–Kier alpha value is -1.87. The average molecular weight is 399 g/mol. The summed E-state index contributed by atoms with van der Waals surface area (Å²) >= 11 is 3.37. The first kappa shape index (κ1) is 17.0. The summed E-state index contributed by atoms with van der Waals surface area (Å²) in [5.41, 5.74) is 0.683. The van der Waals surface area contributed by atoms with Crippen molar-refractivity contribution >= 4 is 33.6 Å². The van der Waals surface area contributed by atoms with Crippen LogP contribution in [-0.4, -0.2) is 65.8 Å². The van der Waals surface area contributed by atoms with E-state index in [0.717, 1.165) is 36.9 Å². The van der Waals surface area contributed by atoms with Gasteiger partial charge in [0.1, 0.15) is 5.69 Å². The molecule has 0 unspecified atom stereocenters. The van der Waals surface area contributed by atoms with E-state index in [2.05, 4.69) is 31.1 Å². The Morgan fingerprint density at radius 3 is 2.88 bits per heavy atom. The van der Waals surface area contributed by atoms with E-state index in [1.807, 2.05) is 6.07 Å². The number of hydrogen-bond donors (Lipinski definition) is 2. The molecule has 2 aliphatic heterocycles. The maximum atomic E-state index is 12.2. The maximum Gasteiger partial charge on any atom is 0.404 e. The highest BCUT2D eigenvalue weighted by Gasteiger charge is 2.28. The highest BCUT2D eigenvalue weighted by Crippen LogP contribution is 2.32. The quantitative estimate of drug-likeness (QED) is 0.793. The van der Waals surface area contributed by atoms with Gasteiger partial charge in [-0.2, -0.15) is 0 Å². The number of fused-ring (bicyclic) bond motifs is 1. The predicted molar refractivity (Wildman–Crippen MR) is 90.4 cm³/mol. The minimum absolute atomic E-state index is 0.00619. The monoisotopic (exact) mass is 398 g/mol. The standard InChI is InChI=1S/C15H19BrN4O4/c16-10-7-12-14(17-8-10)24-9-13(21)20(12)6-5-19-3-1-11(2-4-19)18-15(22)23/h7-8,11,18H,1-6,9H2,(H,22,23). The van der Waals surface area contributed by atoms with Gasteiger partial charge in [0.05, 0.1) is 0 Å². The smallest absolute Gasteiger partial charge is 0.404 e. The lowest BCUT2D eigenvalue weighted by Gasteiger charge is -2.34. The molecule has 9 heteroatoms. The summed E-state index contributed by atoms with van der Waals surface area (Å²) in [7, 11) is 0. The molecular weight excluding hydrogens is 380 g/mol. The van der Waals surface area contributed by atoms with Crippen molar-refractivity contribution in [1.29, 1.82) is 0 Å². The molecule has 24 heavy (non-hydrogen) atoms. The third-order valence-corrected chi connectivity index (χ3v) is 4.71. The Kier molecular flexibility index (Phi) is 5.20. The number of rotatable bonds is 4. The first-order chi connectivity index (χ1) is 11.5. The molecule has 130 valence electrons. The van der Waals surface area contributed by atoms with Crippen LogP contribution in [-0.2, 0) is 4.79 Å². The number of carbonyl (C=O) groups is 2. The molecule has 0 bridgehead atoms. The van der Waals surface area contributed by atoms with Crippen LogP contribution in [0.4, 0.5) is 10.5 Å². The van der Waals surface area contributed by atoms with Crippen LogP contribution in [0.5, 0.6) is 5.88 Å². The predicted octanol–water partition coefficient (Wildman–Crippen LogP) is 1.30. The van der Waals surface area contributed by atoms with Crippen molar-refractivity contribution in [3.05, 3.63) is 16.7 Å². The van der Waals surface area contributed by atoms with Crippen LogP contribution in [0.3, 0.4) is 0 Å². The van der Waals surface area contributed by atoms with E-state index in [-0.39, 0.29) is 18.6 Å². The minimum Gasteiger partial charge on any atom is -0.466 e. The van der Waals surface area contributed by atoms with E-state index < -0.39 is 6.09 Å². The summed E-state index contributed by atoms with van der Waals surface area (Å²) in [6, 6.07) is 1.85. The van der Waals surface area contributed by atoms with Gasteiger partial charge in [-0.1, -0.05) is 0 Å². The topological polar surface area (TPSA) is 95.0 Å². The number of carbonyl (C=O) groups excluding carboxylic acids is 1. The van der Waals surface area contributed by atoms with Gasteiger partial charge in [0, 0.05) is 42.9 Å². The molecule has 0 spiro atoms. The molecular formula is C15H19BrN4O4. The summed E-state index contributed by atoms with van der Waals surface area (Å²) in [6.45, 7) is 2.92. The first-order valence-electron chi connectivity index (χ1n) is 7.83. The van der Waals surface area contributed by atoms with Gasteiger partial charge in [-0.25, -0.2) is 9.78 Å². The molecule has 1 fully saturated rings. The van der Waals surface area contributed by atoms with Gasteiger partial charge < -0.3 is 25.0 Å². The highest BCUT2D eigenvalue weighted by molar-refractivity contribution is 9.10. The Morgan fingerprint density at radius 2 is 2.17 bits per heavy atom. The van der Waals surface area contributed by atoms with Crippen LogP contribution in [0.2, 0.25) is 0 Å². The molecule has 3 rings (SSSR count). The number of carboxylic acid groups (broad SMARTS) is 1. The van der Waals surface area contributed by atoms with Gasteiger partial charge in [0.25, 0.3) is 5.91 Å². The number of halogens is 1. The van der Waals surface area contributed by atoms with Gasteiger partial charge in [-0.05, 0) is 34.8 Å². The van der Waals surface area contributed by atoms with Crippen LogP contribution in [0, 0.1) is 0 Å². The normalized spacial score (nSPS) is 18.9. The fourth-order valence-corrected chi connectivity index (χ4v) is 3.34. The van der Waals surface area contributed by atoms with Crippen LogP contribution >= 0.6 is 15.9 Å². The lowest BCUT2D eigenvalue weighted by Crippen LogP contribution is -2.48. The van der Waals surface area contributed by atoms with Gasteiger partial charge in [0.15, 0.2) is 6.61 Å². The van der Waals surface area contributed by atoms with Gasteiger partial charge in [-0.3, -0.25) is 4.79 Å². The molecule has 0 aromatic carbocycles. The summed E-state index contributed by atoms with van der Waals surface area (Å²) in [6.07, 6.45) is 2.25. The Balaban J connectivity index is 1.57. The molecule has 0 radical (unpaired) electrons. The highest BCUT2D eigenvalue weighted by atomic mass is 79.9. The third-order valence-electron chi connectivity index (χ3n) is 4.28. The summed E-state index contributed by atoms with van der Waals surface area (Å²) in [4.78, 5) is 31.0. The second kappa shape index (κ2) is 7.35. The lowest BCUT2D eigenvalue weighted by atomic mass is 10.1. The zero-order valence-electron chi connectivity index (χ0n) is 13.1. The number of pyridine rings is 1. The summed E-state index contributed by atoms with van der Waals surface area (Å²) in [5.74, 6) is 0.395. The number of amides is 2. The lowest BCUT2D eigenvalue weighted by molar-refractivity contribution is -0.121. The number of piperidine rings is 1. The molecule has 8 nitrogen and oxygen atoms in total. The van der Waals surface area contributed by atoms with Crippen molar-refractivity contribution in [1.82, 2.24) is 15.2 Å². The molecule has 2 N–H and O–H groups in total. The zero-order valence-corrected chi connectivity index (χ0v) is 14.7. The van der Waals surface area contributed by atoms with Gasteiger partial charge in [0.2, 0.25) is 5.88 Å². The van der Waals surface area contributed by atoms with Crippen LogP contribution in [0.1, 0.15) is 12.8 Å². The number of ether oxygens (including phenoxy) is 1. The van der Waals surface area contributed by atoms with Crippen molar-refractivity contribution < 1.29 is 19.4 Å². The third kappa shape index (κ3) is 3.96. The number of nitrogens with zero attached hydrogens (tertiary/aromatic N) is 3. The van der Waals surface area contributed by atoms with Gasteiger partial charge in [-0.15, -0.1) is 0 Å². The molecule has 1 aromatic rings. The second-order valence-corrected chi connectivity index (χ2v) is 6.79. The summed E-state index contributed by atoms with van der Waals surface area (Å²) < 4.78 is 6.16. The Bertz CT molecular complexity index is 634. The van der Waals surface area contributed by atoms with E-state index in [1.165, 1.54) is 0 Å². The van der Waals surface area contributed by atoms with Crippen molar-refractivity contribution in [2.24, 2.45) is 0 Å². The van der Waals surface area contributed by atoms with Gasteiger partial charge >= 0.3 is 6.09 Å². The molecule has 0 atom stereocenters. The van der Waals surface area contributed by atoms with Crippen LogP contribution in [0.15, 0.2) is 16.7 Å². The second-order valence-electron chi connectivity index (χ2n) is 5.88. The van der Waals surface area contributed by atoms with E-state index >= 15 is 0 Å². The van der Waals surface area contributed by atoms with Crippen LogP contribution in [0.25, 0.3) is 0 Å². The van der Waals surface area contributed by atoms with Crippen LogP contribution < -0.4 is 15.0 Å². The van der Waals surface area contributed by atoms with E-state index in [0.29, 0.717) is 18.1 Å². The number of aromatic nitrogens is 1. The fourth-order valence-electron chi connectivity index (χ4n) is 3.03. The Morgan fingerprint density at radius 1 is 1.42 bits per heavy atom. The molecule has 2 amide bonds. The summed E-state index contributed by atoms with van der Waals surface area (Å²) in [5, 5.41) is 11.3.